The number of carboxylic acids is 1. The van der Waals surface area contributed by atoms with Crippen molar-refractivity contribution in [3.8, 4) is 0 Å². The summed E-state index contributed by atoms with van der Waals surface area (Å²) in [6.45, 7) is 2.94. The standard InChI is InChI=1S/C18H24N2O4/c1-13(7-8-16(21)22)19-17(23)14-9-11-20(12-10-14)18(24)15-5-3-2-4-6-15/h2-6,13-14H,7-12H2,1H3,(H,19,23)(H,21,22). The molecule has 1 saturated heterocycles. The molecular formula is C18H24N2O4. The Bertz CT molecular complexity index is 580. The van der Waals surface area contributed by atoms with Gasteiger partial charge in [0.05, 0.1) is 0 Å². The van der Waals surface area contributed by atoms with Crippen molar-refractivity contribution in [3.05, 3.63) is 35.9 Å². The summed E-state index contributed by atoms with van der Waals surface area (Å²) in [4.78, 5) is 37.0. The van der Waals surface area contributed by atoms with Crippen LogP contribution in [0, 0.1) is 5.92 Å². The molecule has 2 rings (SSSR count). The molecule has 1 atom stereocenters. The Labute approximate surface area is 141 Å². The quantitative estimate of drug-likeness (QED) is 0.833. The van der Waals surface area contributed by atoms with Gasteiger partial charge in [-0.15, -0.1) is 0 Å². The van der Waals surface area contributed by atoms with Crippen LogP contribution in [0.1, 0.15) is 43.0 Å². The minimum atomic E-state index is -0.858. The molecule has 0 aromatic heterocycles. The molecule has 1 aromatic carbocycles. The maximum Gasteiger partial charge on any atom is 0.303 e. The number of amides is 2. The van der Waals surface area contributed by atoms with Crippen molar-refractivity contribution in [3.63, 3.8) is 0 Å². The van der Waals surface area contributed by atoms with Gasteiger partial charge in [0.15, 0.2) is 0 Å². The molecule has 0 radical (unpaired) electrons. The Morgan fingerprint density at radius 2 is 1.83 bits per heavy atom. The molecule has 0 saturated carbocycles. The zero-order chi connectivity index (χ0) is 17.5. The topological polar surface area (TPSA) is 86.7 Å². The van der Waals surface area contributed by atoms with E-state index >= 15 is 0 Å². The van der Waals surface area contributed by atoms with Crippen molar-refractivity contribution in [2.24, 2.45) is 5.92 Å². The molecule has 2 amide bonds. The number of hydrogen-bond acceptors (Lipinski definition) is 3. The fourth-order valence-electron chi connectivity index (χ4n) is 2.88. The number of hydrogen-bond donors (Lipinski definition) is 2. The van der Waals surface area contributed by atoms with E-state index in [0.717, 1.165) is 0 Å². The van der Waals surface area contributed by atoms with Crippen LogP contribution in [0.15, 0.2) is 30.3 Å². The smallest absolute Gasteiger partial charge is 0.303 e. The van der Waals surface area contributed by atoms with Gasteiger partial charge < -0.3 is 15.3 Å². The summed E-state index contributed by atoms with van der Waals surface area (Å²) in [7, 11) is 0. The van der Waals surface area contributed by atoms with E-state index in [1.165, 1.54) is 0 Å². The van der Waals surface area contributed by atoms with E-state index < -0.39 is 5.97 Å². The number of likely N-dealkylation sites (tertiary alicyclic amines) is 1. The van der Waals surface area contributed by atoms with E-state index in [2.05, 4.69) is 5.32 Å². The highest BCUT2D eigenvalue weighted by Crippen LogP contribution is 2.19. The Morgan fingerprint density at radius 1 is 1.21 bits per heavy atom. The number of nitrogens with zero attached hydrogens (tertiary/aromatic N) is 1. The molecule has 6 nitrogen and oxygen atoms in total. The number of carbonyl (C=O) groups excluding carboxylic acids is 2. The van der Waals surface area contributed by atoms with Crippen molar-refractivity contribution in [2.45, 2.75) is 38.6 Å². The largest absolute Gasteiger partial charge is 0.481 e. The first kappa shape index (κ1) is 18.0. The number of nitrogens with one attached hydrogen (secondary N) is 1. The van der Waals surface area contributed by atoms with Gasteiger partial charge >= 0.3 is 5.97 Å². The molecule has 1 aliphatic heterocycles. The zero-order valence-corrected chi connectivity index (χ0v) is 13.9. The molecule has 1 heterocycles. The summed E-state index contributed by atoms with van der Waals surface area (Å²) in [5.41, 5.74) is 0.669. The fourth-order valence-corrected chi connectivity index (χ4v) is 2.88. The minimum Gasteiger partial charge on any atom is -0.481 e. The average molecular weight is 332 g/mol. The van der Waals surface area contributed by atoms with Gasteiger partial charge in [-0.2, -0.15) is 0 Å². The van der Waals surface area contributed by atoms with Crippen LogP contribution in [0.3, 0.4) is 0 Å². The molecule has 0 spiro atoms. The SMILES string of the molecule is CC(CCC(=O)O)NC(=O)C1CCN(C(=O)c2ccccc2)CC1. The van der Waals surface area contributed by atoms with Gasteiger partial charge in [-0.25, -0.2) is 0 Å². The Hall–Kier alpha value is -2.37. The predicted molar refractivity (Wildman–Crippen MR) is 89.5 cm³/mol. The lowest BCUT2D eigenvalue weighted by Gasteiger charge is -2.32. The van der Waals surface area contributed by atoms with Gasteiger partial charge in [-0.3, -0.25) is 14.4 Å². The molecule has 24 heavy (non-hydrogen) atoms. The van der Waals surface area contributed by atoms with Crippen LogP contribution in [0.4, 0.5) is 0 Å². The summed E-state index contributed by atoms with van der Waals surface area (Å²) in [5.74, 6) is -1.01. The number of rotatable bonds is 6. The first-order valence-corrected chi connectivity index (χ1v) is 8.34. The molecule has 0 aliphatic carbocycles. The zero-order valence-electron chi connectivity index (χ0n) is 13.9. The lowest BCUT2D eigenvalue weighted by Crippen LogP contribution is -2.44. The van der Waals surface area contributed by atoms with E-state index in [4.69, 9.17) is 5.11 Å². The molecule has 1 fully saturated rings. The van der Waals surface area contributed by atoms with Crippen molar-refractivity contribution in [1.82, 2.24) is 10.2 Å². The summed E-state index contributed by atoms with van der Waals surface area (Å²) >= 11 is 0. The predicted octanol–water partition coefficient (Wildman–Crippen LogP) is 1.91. The summed E-state index contributed by atoms with van der Waals surface area (Å²) < 4.78 is 0. The first-order valence-electron chi connectivity index (χ1n) is 8.34. The normalized spacial score (nSPS) is 16.5. The van der Waals surface area contributed by atoms with Crippen LogP contribution in [-0.2, 0) is 9.59 Å². The maximum atomic E-state index is 12.4. The third-order valence-electron chi connectivity index (χ3n) is 4.35. The van der Waals surface area contributed by atoms with E-state index in [9.17, 15) is 14.4 Å². The van der Waals surface area contributed by atoms with Gasteiger partial charge in [0, 0.05) is 37.0 Å². The van der Waals surface area contributed by atoms with Crippen molar-refractivity contribution in [1.29, 1.82) is 0 Å². The lowest BCUT2D eigenvalue weighted by atomic mass is 9.95. The van der Waals surface area contributed by atoms with Gasteiger partial charge in [0.1, 0.15) is 0 Å². The van der Waals surface area contributed by atoms with Gasteiger partial charge in [0.2, 0.25) is 5.91 Å². The molecular weight excluding hydrogens is 308 g/mol. The molecule has 6 heteroatoms. The minimum absolute atomic E-state index is 0.00397. The third kappa shape index (κ3) is 5.08. The second-order valence-corrected chi connectivity index (χ2v) is 6.27. The molecule has 1 unspecified atom stereocenters. The van der Waals surface area contributed by atoms with Crippen LogP contribution >= 0.6 is 0 Å². The van der Waals surface area contributed by atoms with E-state index in [0.29, 0.717) is 37.9 Å². The number of piperidine rings is 1. The number of carbonyl (C=O) groups is 3. The second kappa shape index (κ2) is 8.47. The highest BCUT2D eigenvalue weighted by atomic mass is 16.4. The summed E-state index contributed by atoms with van der Waals surface area (Å²) in [5, 5.41) is 11.5. The Balaban J connectivity index is 1.78. The van der Waals surface area contributed by atoms with Gasteiger partial charge in [-0.05, 0) is 38.3 Å². The van der Waals surface area contributed by atoms with Crippen LogP contribution < -0.4 is 5.32 Å². The number of carboxylic acid groups (broad SMARTS) is 1. The van der Waals surface area contributed by atoms with E-state index in [-0.39, 0.29) is 30.2 Å². The van der Waals surface area contributed by atoms with Gasteiger partial charge in [-0.1, -0.05) is 18.2 Å². The van der Waals surface area contributed by atoms with Crippen molar-refractivity contribution < 1.29 is 19.5 Å². The molecule has 0 bridgehead atoms. The van der Waals surface area contributed by atoms with E-state index in [1.807, 2.05) is 25.1 Å². The number of aliphatic carboxylic acids is 1. The lowest BCUT2D eigenvalue weighted by molar-refractivity contribution is -0.137. The second-order valence-electron chi connectivity index (χ2n) is 6.27. The van der Waals surface area contributed by atoms with Crippen LogP contribution in [0.2, 0.25) is 0 Å². The number of benzene rings is 1. The highest BCUT2D eigenvalue weighted by Gasteiger charge is 2.28. The average Bonchev–Trinajstić information content (AvgIpc) is 2.60. The summed E-state index contributed by atoms with van der Waals surface area (Å²) in [6, 6.07) is 8.99. The van der Waals surface area contributed by atoms with Crippen molar-refractivity contribution in [2.75, 3.05) is 13.1 Å². The molecule has 2 N–H and O–H groups in total. The van der Waals surface area contributed by atoms with Crippen LogP contribution in [-0.4, -0.2) is 46.9 Å². The Morgan fingerprint density at radius 3 is 2.42 bits per heavy atom. The van der Waals surface area contributed by atoms with Crippen LogP contribution in [0.25, 0.3) is 0 Å². The monoisotopic (exact) mass is 332 g/mol. The van der Waals surface area contributed by atoms with E-state index in [1.54, 1.807) is 17.0 Å². The third-order valence-corrected chi connectivity index (χ3v) is 4.35. The van der Waals surface area contributed by atoms with Crippen molar-refractivity contribution >= 4 is 17.8 Å². The Kier molecular flexibility index (Phi) is 6.35. The molecule has 130 valence electrons. The summed E-state index contributed by atoms with van der Waals surface area (Å²) in [6.07, 6.45) is 1.74. The van der Waals surface area contributed by atoms with Gasteiger partial charge in [0.25, 0.3) is 5.91 Å². The fraction of sp³-hybridized carbons (Fsp3) is 0.500. The first-order chi connectivity index (χ1) is 11.5. The van der Waals surface area contributed by atoms with Crippen LogP contribution in [0.5, 0.6) is 0 Å². The molecule has 1 aliphatic rings. The molecule has 1 aromatic rings. The highest BCUT2D eigenvalue weighted by molar-refractivity contribution is 5.94. The maximum absolute atomic E-state index is 12.4.